The normalized spacial score (nSPS) is 14.7. The highest BCUT2D eigenvalue weighted by Crippen LogP contribution is 2.36. The SMILES string of the molecule is CCOC(=O)N1CN=Cc2c(-c3ccc(N4CCN(C(=O)OC(C)(C)C)CC4)nc3)cc(NC(=O)OC(C)=O)cc21. The van der Waals surface area contributed by atoms with Crippen LogP contribution in [0.1, 0.15) is 40.2 Å². The zero-order valence-corrected chi connectivity index (χ0v) is 23.8. The van der Waals surface area contributed by atoms with Crippen LogP contribution in [0.5, 0.6) is 0 Å². The molecule has 1 saturated heterocycles. The molecular weight excluding hydrogens is 532 g/mol. The number of aromatic nitrogens is 1. The van der Waals surface area contributed by atoms with Gasteiger partial charge in [0.15, 0.2) is 0 Å². The molecule has 0 bridgehead atoms. The van der Waals surface area contributed by atoms with Gasteiger partial charge in [-0.05, 0) is 57.5 Å². The van der Waals surface area contributed by atoms with Gasteiger partial charge in [0.05, 0.1) is 12.3 Å². The van der Waals surface area contributed by atoms with Crippen LogP contribution in [0, 0.1) is 0 Å². The standard InChI is InChI=1S/C28H34N6O7/c1-6-39-27(38)34-17-29-16-22-21(13-20(14-23(22)34)31-25(36)40-18(2)35)19-7-8-24(30-15-19)32-9-11-33(12-10-32)26(37)41-28(3,4)5/h7-8,13-16H,6,9-12,17H2,1-5H3,(H,31,36). The molecule has 0 atom stereocenters. The summed E-state index contributed by atoms with van der Waals surface area (Å²) in [6.45, 7) is 10.8. The molecule has 13 nitrogen and oxygen atoms in total. The molecule has 1 N–H and O–H groups in total. The van der Waals surface area contributed by atoms with Gasteiger partial charge in [-0.2, -0.15) is 0 Å². The van der Waals surface area contributed by atoms with Crippen LogP contribution in [0.3, 0.4) is 0 Å². The first kappa shape index (κ1) is 29.3. The summed E-state index contributed by atoms with van der Waals surface area (Å²) in [5.41, 5.74) is 2.21. The van der Waals surface area contributed by atoms with Gasteiger partial charge in [-0.15, -0.1) is 0 Å². The summed E-state index contributed by atoms with van der Waals surface area (Å²) in [4.78, 5) is 62.6. The Bertz CT molecular complexity index is 1340. The van der Waals surface area contributed by atoms with Crippen LogP contribution in [-0.4, -0.2) is 85.4 Å². The third kappa shape index (κ3) is 7.29. The van der Waals surface area contributed by atoms with E-state index in [9.17, 15) is 19.2 Å². The second kappa shape index (κ2) is 12.2. The smallest absolute Gasteiger partial charge is 0.419 e. The largest absolute Gasteiger partial charge is 0.449 e. The lowest BCUT2D eigenvalue weighted by Gasteiger charge is -2.36. The molecule has 41 heavy (non-hydrogen) atoms. The van der Waals surface area contributed by atoms with Crippen molar-refractivity contribution in [2.45, 2.75) is 40.2 Å². The summed E-state index contributed by atoms with van der Waals surface area (Å²) in [6, 6.07) is 7.04. The maximum absolute atomic E-state index is 12.7. The number of pyridine rings is 1. The van der Waals surface area contributed by atoms with Crippen molar-refractivity contribution >= 4 is 47.7 Å². The predicted octanol–water partition coefficient (Wildman–Crippen LogP) is 4.25. The molecule has 1 aromatic carbocycles. The van der Waals surface area contributed by atoms with Gasteiger partial charge < -0.3 is 24.0 Å². The minimum absolute atomic E-state index is 0.0408. The number of hydrogen-bond acceptors (Lipinski definition) is 10. The van der Waals surface area contributed by atoms with Crippen molar-refractivity contribution in [3.63, 3.8) is 0 Å². The van der Waals surface area contributed by atoms with Gasteiger partial charge in [0.2, 0.25) is 0 Å². The van der Waals surface area contributed by atoms with E-state index in [0.717, 1.165) is 12.7 Å². The molecule has 2 aliphatic heterocycles. The van der Waals surface area contributed by atoms with Gasteiger partial charge in [-0.3, -0.25) is 20.0 Å². The molecule has 13 heteroatoms. The first-order valence-electron chi connectivity index (χ1n) is 13.3. The fourth-order valence-corrected chi connectivity index (χ4v) is 4.41. The molecule has 0 unspecified atom stereocenters. The number of aliphatic imine (C=N–C) groups is 1. The van der Waals surface area contributed by atoms with E-state index in [1.807, 2.05) is 32.9 Å². The monoisotopic (exact) mass is 566 g/mol. The Kier molecular flexibility index (Phi) is 8.74. The summed E-state index contributed by atoms with van der Waals surface area (Å²) in [6.07, 6.45) is 1.49. The zero-order valence-electron chi connectivity index (χ0n) is 23.8. The van der Waals surface area contributed by atoms with Crippen molar-refractivity contribution in [2.24, 2.45) is 4.99 Å². The summed E-state index contributed by atoms with van der Waals surface area (Å²) < 4.78 is 15.3. The maximum Gasteiger partial charge on any atom is 0.419 e. The first-order chi connectivity index (χ1) is 19.4. The highest BCUT2D eigenvalue weighted by atomic mass is 16.6. The molecule has 2 aliphatic rings. The van der Waals surface area contributed by atoms with Crippen molar-refractivity contribution in [3.8, 4) is 11.1 Å². The van der Waals surface area contributed by atoms with E-state index in [-0.39, 0.29) is 19.4 Å². The van der Waals surface area contributed by atoms with Crippen molar-refractivity contribution < 1.29 is 33.4 Å². The van der Waals surface area contributed by atoms with Gasteiger partial charge in [0.25, 0.3) is 0 Å². The van der Waals surface area contributed by atoms with E-state index < -0.39 is 23.8 Å². The average Bonchev–Trinajstić information content (AvgIpc) is 2.91. The van der Waals surface area contributed by atoms with Crippen LogP contribution >= 0.6 is 0 Å². The predicted molar refractivity (Wildman–Crippen MR) is 152 cm³/mol. The van der Waals surface area contributed by atoms with E-state index in [0.29, 0.717) is 54.2 Å². The molecule has 3 heterocycles. The molecule has 2 aromatic rings. The van der Waals surface area contributed by atoms with E-state index in [2.05, 4.69) is 24.9 Å². The number of hydrogen-bond donors (Lipinski definition) is 1. The number of benzene rings is 1. The second-order valence-corrected chi connectivity index (χ2v) is 10.4. The number of ether oxygens (including phenoxy) is 3. The Morgan fingerprint density at radius 3 is 2.37 bits per heavy atom. The molecule has 1 fully saturated rings. The van der Waals surface area contributed by atoms with Crippen LogP contribution in [0.2, 0.25) is 0 Å². The Labute approximate surface area is 238 Å². The number of fused-ring (bicyclic) bond motifs is 1. The van der Waals surface area contributed by atoms with Crippen molar-refractivity contribution in [2.75, 3.05) is 54.6 Å². The average molecular weight is 567 g/mol. The second-order valence-electron chi connectivity index (χ2n) is 10.4. The number of amides is 3. The molecule has 218 valence electrons. The van der Waals surface area contributed by atoms with E-state index in [1.165, 1.54) is 4.90 Å². The van der Waals surface area contributed by atoms with Crippen molar-refractivity contribution in [1.29, 1.82) is 0 Å². The van der Waals surface area contributed by atoms with Gasteiger partial charge in [0, 0.05) is 62.3 Å². The Morgan fingerprint density at radius 1 is 1.02 bits per heavy atom. The van der Waals surface area contributed by atoms with Crippen LogP contribution < -0.4 is 15.1 Å². The minimum Gasteiger partial charge on any atom is -0.449 e. The lowest BCUT2D eigenvalue weighted by molar-refractivity contribution is -0.134. The topological polar surface area (TPSA) is 143 Å². The first-order valence-corrected chi connectivity index (χ1v) is 13.3. The lowest BCUT2D eigenvalue weighted by atomic mass is 9.97. The number of esters is 1. The van der Waals surface area contributed by atoms with Crippen LogP contribution in [0.25, 0.3) is 11.1 Å². The van der Waals surface area contributed by atoms with E-state index in [1.54, 1.807) is 36.4 Å². The van der Waals surface area contributed by atoms with Crippen molar-refractivity contribution in [1.82, 2.24) is 9.88 Å². The van der Waals surface area contributed by atoms with Crippen LogP contribution in [0.4, 0.5) is 31.6 Å². The highest BCUT2D eigenvalue weighted by Gasteiger charge is 2.28. The number of piperazine rings is 1. The molecule has 0 radical (unpaired) electrons. The Morgan fingerprint density at radius 2 is 1.76 bits per heavy atom. The third-order valence-electron chi connectivity index (χ3n) is 6.18. The van der Waals surface area contributed by atoms with Crippen molar-refractivity contribution in [3.05, 3.63) is 36.0 Å². The number of carbonyl (C=O) groups is 4. The molecule has 3 amide bonds. The number of nitrogens with zero attached hydrogens (tertiary/aromatic N) is 5. The zero-order chi connectivity index (χ0) is 29.7. The van der Waals surface area contributed by atoms with Gasteiger partial charge in [-0.25, -0.2) is 19.4 Å². The third-order valence-corrected chi connectivity index (χ3v) is 6.18. The number of rotatable bonds is 4. The lowest BCUT2D eigenvalue weighted by Crippen LogP contribution is -2.50. The molecule has 4 rings (SSSR count). The quantitative estimate of drug-likeness (QED) is 0.326. The van der Waals surface area contributed by atoms with Gasteiger partial charge >= 0.3 is 24.2 Å². The highest BCUT2D eigenvalue weighted by molar-refractivity contribution is 6.06. The van der Waals surface area contributed by atoms with Gasteiger partial charge in [-0.1, -0.05) is 0 Å². The van der Waals surface area contributed by atoms with Crippen LogP contribution in [-0.2, 0) is 19.0 Å². The number of carbonyl (C=O) groups excluding carboxylic acids is 4. The summed E-state index contributed by atoms with van der Waals surface area (Å²) in [5.74, 6) is -0.0136. The Hall–Kier alpha value is -4.68. The summed E-state index contributed by atoms with van der Waals surface area (Å²) >= 11 is 0. The molecular formula is C28H34N6O7. The Balaban J connectivity index is 1.59. The van der Waals surface area contributed by atoms with Crippen LogP contribution in [0.15, 0.2) is 35.5 Å². The molecule has 0 aliphatic carbocycles. The minimum atomic E-state index is -0.949. The van der Waals surface area contributed by atoms with Gasteiger partial charge in [0.1, 0.15) is 18.1 Å². The fraction of sp³-hybridized carbons (Fsp3) is 0.429. The summed E-state index contributed by atoms with van der Waals surface area (Å²) in [5, 5.41) is 2.54. The van der Waals surface area contributed by atoms with E-state index >= 15 is 0 Å². The maximum atomic E-state index is 12.7. The van der Waals surface area contributed by atoms with E-state index in [4.69, 9.17) is 9.47 Å². The molecule has 0 saturated carbocycles. The summed E-state index contributed by atoms with van der Waals surface area (Å²) in [7, 11) is 0. The number of nitrogens with one attached hydrogen (secondary N) is 1. The fourth-order valence-electron chi connectivity index (χ4n) is 4.41. The molecule has 1 aromatic heterocycles. The molecule has 0 spiro atoms. The number of anilines is 3.